The molecule has 80 valence electrons. The molecule has 1 heterocycles. The Hall–Kier alpha value is -2.08. The lowest BCUT2D eigenvalue weighted by Gasteiger charge is -2.06. The van der Waals surface area contributed by atoms with Crippen LogP contribution in [-0.4, -0.2) is 4.57 Å². The number of fused-ring (bicyclic) bond motifs is 1. The van der Waals surface area contributed by atoms with Crippen molar-refractivity contribution in [2.24, 2.45) is 7.05 Å². The molecule has 0 spiro atoms. The Morgan fingerprint density at radius 2 is 2.12 bits per heavy atom. The molecule has 16 heavy (non-hydrogen) atoms. The van der Waals surface area contributed by atoms with Crippen LogP contribution in [-0.2, 0) is 13.5 Å². The number of hydrogen-bond donors (Lipinski definition) is 0. The summed E-state index contributed by atoms with van der Waals surface area (Å²) in [5.74, 6) is 0. The molecule has 2 aromatic rings. The van der Waals surface area contributed by atoms with Crippen LogP contribution in [0.5, 0.6) is 0 Å². The SMILES string of the molecule is CCc1ccc2c(c1)cc(C#N)c(=O)n2C. The first-order valence-corrected chi connectivity index (χ1v) is 5.20. The second-order valence-corrected chi connectivity index (χ2v) is 3.78. The van der Waals surface area contributed by atoms with E-state index in [1.807, 2.05) is 24.3 Å². The van der Waals surface area contributed by atoms with Gasteiger partial charge in [-0.25, -0.2) is 0 Å². The largest absolute Gasteiger partial charge is 0.310 e. The zero-order valence-corrected chi connectivity index (χ0v) is 9.32. The number of benzene rings is 1. The van der Waals surface area contributed by atoms with Crippen molar-refractivity contribution in [2.45, 2.75) is 13.3 Å². The third-order valence-electron chi connectivity index (χ3n) is 2.82. The van der Waals surface area contributed by atoms with Gasteiger partial charge in [-0.05, 0) is 30.2 Å². The Kier molecular flexibility index (Phi) is 2.49. The molecule has 3 nitrogen and oxygen atoms in total. The first-order valence-electron chi connectivity index (χ1n) is 5.20. The standard InChI is InChI=1S/C13H12N2O/c1-3-9-4-5-12-10(6-9)7-11(8-14)13(16)15(12)2/h4-7H,3H2,1-2H3. The predicted molar refractivity (Wildman–Crippen MR) is 63.3 cm³/mol. The van der Waals surface area contributed by atoms with E-state index in [2.05, 4.69) is 6.92 Å². The van der Waals surface area contributed by atoms with Crippen molar-refractivity contribution in [1.82, 2.24) is 4.57 Å². The monoisotopic (exact) mass is 212 g/mol. The van der Waals surface area contributed by atoms with Crippen LogP contribution in [0.15, 0.2) is 29.1 Å². The minimum Gasteiger partial charge on any atom is -0.310 e. The molecule has 0 radical (unpaired) electrons. The second kappa shape index (κ2) is 3.82. The van der Waals surface area contributed by atoms with Gasteiger partial charge in [0, 0.05) is 12.4 Å². The number of aryl methyl sites for hydroxylation is 2. The van der Waals surface area contributed by atoms with E-state index < -0.39 is 0 Å². The molecule has 0 saturated carbocycles. The van der Waals surface area contributed by atoms with Crippen LogP contribution in [0.3, 0.4) is 0 Å². The smallest absolute Gasteiger partial charge is 0.268 e. The van der Waals surface area contributed by atoms with Crippen molar-refractivity contribution in [3.63, 3.8) is 0 Å². The number of hydrogen-bond acceptors (Lipinski definition) is 2. The summed E-state index contributed by atoms with van der Waals surface area (Å²) >= 11 is 0. The normalized spacial score (nSPS) is 10.3. The van der Waals surface area contributed by atoms with E-state index >= 15 is 0 Å². The van der Waals surface area contributed by atoms with Gasteiger partial charge in [-0.15, -0.1) is 0 Å². The zero-order valence-electron chi connectivity index (χ0n) is 9.32. The maximum absolute atomic E-state index is 11.7. The van der Waals surface area contributed by atoms with Crippen molar-refractivity contribution < 1.29 is 0 Å². The van der Waals surface area contributed by atoms with Gasteiger partial charge in [-0.1, -0.05) is 13.0 Å². The van der Waals surface area contributed by atoms with Crippen LogP contribution < -0.4 is 5.56 Å². The molecular weight excluding hydrogens is 200 g/mol. The van der Waals surface area contributed by atoms with Crippen molar-refractivity contribution >= 4 is 10.9 Å². The Balaban J connectivity index is 2.89. The quantitative estimate of drug-likeness (QED) is 0.725. The van der Waals surface area contributed by atoms with Crippen LogP contribution in [0, 0.1) is 11.3 Å². The number of nitrogens with zero attached hydrogens (tertiary/aromatic N) is 2. The fourth-order valence-electron chi connectivity index (χ4n) is 1.83. The van der Waals surface area contributed by atoms with Crippen LogP contribution in [0.4, 0.5) is 0 Å². The highest BCUT2D eigenvalue weighted by atomic mass is 16.1. The Morgan fingerprint density at radius 3 is 2.75 bits per heavy atom. The molecule has 0 atom stereocenters. The lowest BCUT2D eigenvalue weighted by atomic mass is 10.1. The first kappa shape index (κ1) is 10.4. The predicted octanol–water partition coefficient (Wildman–Crippen LogP) is 1.97. The van der Waals surface area contributed by atoms with E-state index in [1.165, 1.54) is 10.1 Å². The first-order chi connectivity index (χ1) is 7.67. The summed E-state index contributed by atoms with van der Waals surface area (Å²) in [6.45, 7) is 2.08. The molecule has 0 unspecified atom stereocenters. The van der Waals surface area contributed by atoms with Gasteiger partial charge in [-0.3, -0.25) is 4.79 Å². The van der Waals surface area contributed by atoms with Gasteiger partial charge < -0.3 is 4.57 Å². The highest BCUT2D eigenvalue weighted by Gasteiger charge is 2.05. The lowest BCUT2D eigenvalue weighted by molar-refractivity contribution is 0.900. The Bertz CT molecular complexity index is 647. The molecular formula is C13H12N2O. The van der Waals surface area contributed by atoms with Crippen molar-refractivity contribution in [3.8, 4) is 6.07 Å². The van der Waals surface area contributed by atoms with Crippen LogP contribution in [0.2, 0.25) is 0 Å². The highest BCUT2D eigenvalue weighted by Crippen LogP contribution is 2.15. The molecule has 1 aromatic carbocycles. The van der Waals surface area contributed by atoms with E-state index in [-0.39, 0.29) is 11.1 Å². The average molecular weight is 212 g/mol. The molecule has 0 bridgehead atoms. The van der Waals surface area contributed by atoms with E-state index in [0.717, 1.165) is 17.3 Å². The lowest BCUT2D eigenvalue weighted by Crippen LogP contribution is -2.19. The van der Waals surface area contributed by atoms with E-state index in [1.54, 1.807) is 13.1 Å². The van der Waals surface area contributed by atoms with Gasteiger partial charge in [0.15, 0.2) is 0 Å². The number of aromatic nitrogens is 1. The van der Waals surface area contributed by atoms with Crippen molar-refractivity contribution in [1.29, 1.82) is 5.26 Å². The summed E-state index contributed by atoms with van der Waals surface area (Å²) in [6, 6.07) is 9.55. The molecule has 2 rings (SSSR count). The van der Waals surface area contributed by atoms with E-state index in [4.69, 9.17) is 5.26 Å². The average Bonchev–Trinajstić information content (AvgIpc) is 2.33. The van der Waals surface area contributed by atoms with E-state index in [9.17, 15) is 4.79 Å². The number of rotatable bonds is 1. The molecule has 0 aliphatic heterocycles. The molecule has 0 saturated heterocycles. The van der Waals surface area contributed by atoms with E-state index in [0.29, 0.717) is 0 Å². The number of pyridine rings is 1. The van der Waals surface area contributed by atoms with Crippen molar-refractivity contribution in [3.05, 3.63) is 45.7 Å². The summed E-state index contributed by atoms with van der Waals surface area (Å²) in [6.07, 6.45) is 0.945. The van der Waals surface area contributed by atoms with Crippen molar-refractivity contribution in [2.75, 3.05) is 0 Å². The third kappa shape index (κ3) is 1.49. The maximum atomic E-state index is 11.7. The summed E-state index contributed by atoms with van der Waals surface area (Å²) in [4.78, 5) is 11.7. The molecule has 3 heteroatoms. The third-order valence-corrected chi connectivity index (χ3v) is 2.82. The molecule has 1 aromatic heterocycles. The van der Waals surface area contributed by atoms with Gasteiger partial charge in [0.2, 0.25) is 0 Å². The van der Waals surface area contributed by atoms with Gasteiger partial charge in [0.25, 0.3) is 5.56 Å². The van der Waals surface area contributed by atoms with Crippen LogP contribution >= 0.6 is 0 Å². The second-order valence-electron chi connectivity index (χ2n) is 3.78. The highest BCUT2D eigenvalue weighted by molar-refractivity contribution is 5.81. The fourth-order valence-corrected chi connectivity index (χ4v) is 1.83. The molecule has 0 amide bonds. The minimum atomic E-state index is -0.237. The van der Waals surface area contributed by atoms with Gasteiger partial charge in [0.05, 0.1) is 5.52 Å². The summed E-state index contributed by atoms with van der Waals surface area (Å²) in [5.41, 5.74) is 2.03. The molecule has 0 N–H and O–H groups in total. The maximum Gasteiger partial charge on any atom is 0.268 e. The van der Waals surface area contributed by atoms with Crippen LogP contribution in [0.25, 0.3) is 10.9 Å². The fraction of sp³-hybridized carbons (Fsp3) is 0.231. The molecule has 0 aliphatic carbocycles. The minimum absolute atomic E-state index is 0.197. The summed E-state index contributed by atoms with van der Waals surface area (Å²) in [7, 11) is 1.69. The molecule has 0 aliphatic rings. The Labute approximate surface area is 93.6 Å². The molecule has 0 fully saturated rings. The number of nitriles is 1. The topological polar surface area (TPSA) is 45.8 Å². The zero-order chi connectivity index (χ0) is 11.7. The van der Waals surface area contributed by atoms with Gasteiger partial charge >= 0.3 is 0 Å². The summed E-state index contributed by atoms with van der Waals surface area (Å²) < 4.78 is 1.52. The Morgan fingerprint density at radius 1 is 1.38 bits per heavy atom. The van der Waals surface area contributed by atoms with Gasteiger partial charge in [0.1, 0.15) is 11.6 Å². The van der Waals surface area contributed by atoms with Gasteiger partial charge in [-0.2, -0.15) is 5.26 Å². The van der Waals surface area contributed by atoms with Crippen LogP contribution in [0.1, 0.15) is 18.1 Å². The summed E-state index contributed by atoms with van der Waals surface area (Å²) in [5, 5.41) is 9.81.